The van der Waals surface area contributed by atoms with Crippen LogP contribution in [-0.4, -0.2) is 23.1 Å². The van der Waals surface area contributed by atoms with Crippen molar-refractivity contribution in [3.63, 3.8) is 0 Å². The van der Waals surface area contributed by atoms with Crippen molar-refractivity contribution in [2.45, 2.75) is 39.3 Å². The van der Waals surface area contributed by atoms with Crippen molar-refractivity contribution in [1.82, 2.24) is 15.3 Å². The van der Waals surface area contributed by atoms with Crippen molar-refractivity contribution in [1.29, 1.82) is 0 Å². The van der Waals surface area contributed by atoms with E-state index >= 15 is 0 Å². The highest BCUT2D eigenvalue weighted by molar-refractivity contribution is 5.59. The number of rotatable bonds is 4. The van der Waals surface area contributed by atoms with Gasteiger partial charge in [-0.3, -0.25) is 0 Å². The van der Waals surface area contributed by atoms with Gasteiger partial charge in [0.15, 0.2) is 0 Å². The molecule has 1 atom stereocenters. The lowest BCUT2D eigenvalue weighted by molar-refractivity contribution is 0.140. The number of fused-ring (bicyclic) bond motifs is 3. The predicted molar refractivity (Wildman–Crippen MR) is 79.1 cm³/mol. The fourth-order valence-electron chi connectivity index (χ4n) is 3.18. The Kier molecular flexibility index (Phi) is 3.58. The molecule has 1 N–H and O–H groups in total. The molecular formula is C16H23N3. The Morgan fingerprint density at radius 1 is 1.26 bits per heavy atom. The number of nitrogens with one attached hydrogen (secondary N) is 1. The zero-order valence-corrected chi connectivity index (χ0v) is 11.9. The normalized spacial score (nSPS) is 21.6. The van der Waals surface area contributed by atoms with Gasteiger partial charge in [-0.1, -0.05) is 38.5 Å². The second-order valence-electron chi connectivity index (χ2n) is 5.38. The molecule has 3 heteroatoms. The van der Waals surface area contributed by atoms with Crippen LogP contribution in [0.3, 0.4) is 0 Å². The quantitative estimate of drug-likeness (QED) is 0.894. The highest BCUT2D eigenvalue weighted by atomic mass is 15.7. The molecule has 0 spiro atoms. The van der Waals surface area contributed by atoms with E-state index in [0.717, 1.165) is 13.2 Å². The summed E-state index contributed by atoms with van der Waals surface area (Å²) in [5.41, 5.74) is 7.91. The second-order valence-corrected chi connectivity index (χ2v) is 5.38. The summed E-state index contributed by atoms with van der Waals surface area (Å²) in [7, 11) is 0. The first-order valence-corrected chi connectivity index (χ1v) is 7.41. The molecule has 1 aromatic rings. The molecule has 2 heterocycles. The Labute approximate surface area is 115 Å². The molecule has 2 aliphatic rings. The first-order chi connectivity index (χ1) is 9.35. The van der Waals surface area contributed by atoms with E-state index in [1.165, 1.54) is 36.0 Å². The predicted octanol–water partition coefficient (Wildman–Crippen LogP) is 3.11. The zero-order chi connectivity index (χ0) is 13.2. The molecule has 1 fully saturated rings. The maximum Gasteiger partial charge on any atom is 0.122 e. The van der Waals surface area contributed by atoms with Crippen molar-refractivity contribution in [3.05, 3.63) is 41.1 Å². The van der Waals surface area contributed by atoms with Crippen molar-refractivity contribution in [2.75, 3.05) is 13.2 Å². The molecule has 0 bridgehead atoms. The lowest BCUT2D eigenvalue weighted by atomic mass is 9.93. The van der Waals surface area contributed by atoms with Gasteiger partial charge in [-0.15, -0.1) is 0 Å². The van der Waals surface area contributed by atoms with Crippen LogP contribution in [0.2, 0.25) is 0 Å². The van der Waals surface area contributed by atoms with E-state index in [0.29, 0.717) is 6.17 Å². The fraction of sp³-hybridized carbons (Fsp3) is 0.500. The first-order valence-electron chi connectivity index (χ1n) is 7.41. The number of aryl methyl sites for hydroxylation is 1. The van der Waals surface area contributed by atoms with Crippen LogP contribution in [0.15, 0.2) is 24.4 Å². The third-order valence-corrected chi connectivity index (χ3v) is 3.98. The van der Waals surface area contributed by atoms with Crippen LogP contribution in [0.4, 0.5) is 0 Å². The number of hydrazine groups is 1. The summed E-state index contributed by atoms with van der Waals surface area (Å²) in [5, 5.41) is 2.39. The van der Waals surface area contributed by atoms with E-state index in [2.05, 4.69) is 59.7 Å². The van der Waals surface area contributed by atoms with Crippen molar-refractivity contribution < 1.29 is 0 Å². The highest BCUT2D eigenvalue weighted by Gasteiger charge is 2.35. The Morgan fingerprint density at radius 3 is 2.95 bits per heavy atom. The van der Waals surface area contributed by atoms with Gasteiger partial charge in [0.2, 0.25) is 0 Å². The third kappa shape index (κ3) is 2.17. The lowest BCUT2D eigenvalue weighted by Gasteiger charge is -2.33. The van der Waals surface area contributed by atoms with Gasteiger partial charge in [0.25, 0.3) is 0 Å². The monoisotopic (exact) mass is 257 g/mol. The summed E-state index contributed by atoms with van der Waals surface area (Å²) in [6.07, 6.45) is 8.40. The highest BCUT2D eigenvalue weighted by Crippen LogP contribution is 2.37. The van der Waals surface area contributed by atoms with Gasteiger partial charge in [-0.2, -0.15) is 0 Å². The standard InChI is InChI=1S/C16H23N3/c1-3-6-13-7-5-8-14-9-11-18-12-17-19(10-4-2)16(18)15(13)14/h5,7-9,11,16-17H,3-4,6,10,12H2,1-2H3. The second kappa shape index (κ2) is 5.35. The minimum absolute atomic E-state index is 0.377. The van der Waals surface area contributed by atoms with Gasteiger partial charge in [-0.05, 0) is 30.0 Å². The summed E-state index contributed by atoms with van der Waals surface area (Å²) >= 11 is 0. The summed E-state index contributed by atoms with van der Waals surface area (Å²) in [4.78, 5) is 2.40. The van der Waals surface area contributed by atoms with Crippen LogP contribution in [0.1, 0.15) is 49.5 Å². The molecule has 1 aromatic carbocycles. The van der Waals surface area contributed by atoms with Gasteiger partial charge in [0.05, 0.1) is 6.67 Å². The summed E-state index contributed by atoms with van der Waals surface area (Å²) < 4.78 is 0. The molecule has 0 amide bonds. The van der Waals surface area contributed by atoms with E-state index in [4.69, 9.17) is 0 Å². The topological polar surface area (TPSA) is 18.5 Å². The van der Waals surface area contributed by atoms with Crippen LogP contribution in [0, 0.1) is 0 Å². The fourth-order valence-corrected chi connectivity index (χ4v) is 3.18. The van der Waals surface area contributed by atoms with Crippen LogP contribution in [-0.2, 0) is 6.42 Å². The van der Waals surface area contributed by atoms with E-state index in [9.17, 15) is 0 Å². The van der Waals surface area contributed by atoms with Crippen molar-refractivity contribution in [2.24, 2.45) is 0 Å². The summed E-state index contributed by atoms with van der Waals surface area (Å²) in [6.45, 7) is 6.50. The minimum atomic E-state index is 0.377. The summed E-state index contributed by atoms with van der Waals surface area (Å²) in [5.74, 6) is 0. The van der Waals surface area contributed by atoms with Crippen molar-refractivity contribution >= 4 is 6.08 Å². The Hall–Kier alpha value is -1.32. The SMILES string of the molecule is CCCc1cccc2c1C1N(C=C2)CNN1CCC. The van der Waals surface area contributed by atoms with E-state index in [1.807, 2.05) is 0 Å². The van der Waals surface area contributed by atoms with E-state index in [-0.39, 0.29) is 0 Å². The third-order valence-electron chi connectivity index (χ3n) is 3.98. The Morgan fingerprint density at radius 2 is 2.16 bits per heavy atom. The van der Waals surface area contributed by atoms with Gasteiger partial charge in [-0.25, -0.2) is 10.4 Å². The molecule has 1 unspecified atom stereocenters. The molecule has 0 saturated carbocycles. The molecular weight excluding hydrogens is 234 g/mol. The van der Waals surface area contributed by atoms with Crippen LogP contribution >= 0.6 is 0 Å². The van der Waals surface area contributed by atoms with Gasteiger partial charge < -0.3 is 4.90 Å². The molecule has 19 heavy (non-hydrogen) atoms. The number of benzene rings is 1. The molecule has 0 aromatic heterocycles. The van der Waals surface area contributed by atoms with E-state index in [1.54, 1.807) is 0 Å². The number of nitrogens with zero attached hydrogens (tertiary/aromatic N) is 2. The molecule has 2 aliphatic heterocycles. The minimum Gasteiger partial charge on any atom is -0.343 e. The Balaban J connectivity index is 2.02. The molecule has 0 radical (unpaired) electrons. The largest absolute Gasteiger partial charge is 0.343 e. The van der Waals surface area contributed by atoms with Gasteiger partial charge in [0.1, 0.15) is 6.17 Å². The molecule has 102 valence electrons. The maximum atomic E-state index is 3.52. The van der Waals surface area contributed by atoms with Crippen LogP contribution in [0.5, 0.6) is 0 Å². The molecule has 0 aliphatic carbocycles. The molecule has 1 saturated heterocycles. The van der Waals surface area contributed by atoms with Crippen LogP contribution in [0.25, 0.3) is 6.08 Å². The Bertz CT molecular complexity index is 481. The zero-order valence-electron chi connectivity index (χ0n) is 11.9. The molecule has 3 nitrogen and oxygen atoms in total. The first kappa shape index (κ1) is 12.7. The smallest absolute Gasteiger partial charge is 0.122 e. The molecule has 3 rings (SSSR count). The maximum absolute atomic E-state index is 3.52. The lowest BCUT2D eigenvalue weighted by Crippen LogP contribution is -2.35. The van der Waals surface area contributed by atoms with Crippen molar-refractivity contribution in [3.8, 4) is 0 Å². The summed E-state index contributed by atoms with van der Waals surface area (Å²) in [6, 6.07) is 6.73. The van der Waals surface area contributed by atoms with Crippen LogP contribution < -0.4 is 5.43 Å². The number of hydrogen-bond donors (Lipinski definition) is 1. The average Bonchev–Trinajstić information content (AvgIpc) is 2.83. The number of hydrogen-bond acceptors (Lipinski definition) is 3. The van der Waals surface area contributed by atoms with Gasteiger partial charge >= 0.3 is 0 Å². The van der Waals surface area contributed by atoms with Gasteiger partial charge in [0, 0.05) is 18.3 Å². The van der Waals surface area contributed by atoms with E-state index < -0.39 is 0 Å². The average molecular weight is 257 g/mol.